The van der Waals surface area contributed by atoms with Gasteiger partial charge in [0.2, 0.25) is 0 Å². The predicted octanol–water partition coefficient (Wildman–Crippen LogP) is 0.775. The summed E-state index contributed by atoms with van der Waals surface area (Å²) in [6, 6.07) is -0.201. The van der Waals surface area contributed by atoms with Gasteiger partial charge in [0, 0.05) is 19.6 Å². The predicted molar refractivity (Wildman–Crippen MR) is 66.4 cm³/mol. The number of ether oxygens (including phenoxy) is 1. The second-order valence-electron chi connectivity index (χ2n) is 4.95. The van der Waals surface area contributed by atoms with E-state index in [0.717, 1.165) is 0 Å². The van der Waals surface area contributed by atoms with Crippen LogP contribution in [0.1, 0.15) is 20.3 Å². The molecule has 0 saturated carbocycles. The number of carbonyl (C=O) groups is 2. The van der Waals surface area contributed by atoms with E-state index >= 15 is 0 Å². The van der Waals surface area contributed by atoms with Gasteiger partial charge in [-0.3, -0.25) is 4.79 Å². The molecule has 1 heterocycles. The molecule has 0 unspecified atom stereocenters. The van der Waals surface area contributed by atoms with Crippen molar-refractivity contribution in [2.45, 2.75) is 20.3 Å². The molecule has 0 aliphatic carbocycles. The van der Waals surface area contributed by atoms with Gasteiger partial charge in [-0.2, -0.15) is 0 Å². The summed E-state index contributed by atoms with van der Waals surface area (Å²) < 4.78 is 5.15. The molecule has 2 amide bonds. The largest absolute Gasteiger partial charge is 0.481 e. The summed E-state index contributed by atoms with van der Waals surface area (Å²) in [7, 11) is 0. The van der Waals surface area contributed by atoms with Crippen LogP contribution in [0.25, 0.3) is 0 Å². The number of carboxylic acids is 1. The van der Waals surface area contributed by atoms with E-state index in [0.29, 0.717) is 38.6 Å². The first-order chi connectivity index (χ1) is 8.50. The van der Waals surface area contributed by atoms with E-state index in [1.807, 2.05) is 13.8 Å². The molecule has 6 heteroatoms. The molecule has 2 N–H and O–H groups in total. The number of carboxylic acid groups (broad SMARTS) is 1. The highest BCUT2D eigenvalue weighted by Gasteiger charge is 2.22. The molecule has 1 rings (SSSR count). The lowest BCUT2D eigenvalue weighted by atomic mass is 9.97. The number of urea groups is 1. The van der Waals surface area contributed by atoms with Crippen LogP contribution < -0.4 is 5.32 Å². The molecule has 18 heavy (non-hydrogen) atoms. The second-order valence-corrected chi connectivity index (χ2v) is 4.95. The van der Waals surface area contributed by atoms with Crippen LogP contribution in [-0.2, 0) is 9.53 Å². The summed E-state index contributed by atoms with van der Waals surface area (Å²) in [5.41, 5.74) is 0. The van der Waals surface area contributed by atoms with Crippen molar-refractivity contribution in [1.29, 1.82) is 0 Å². The normalized spacial score (nSPS) is 17.6. The Bertz CT molecular complexity index is 288. The summed E-state index contributed by atoms with van der Waals surface area (Å²) in [6.07, 6.45) is 0.568. The fraction of sp³-hybridized carbons (Fsp3) is 0.833. The van der Waals surface area contributed by atoms with Crippen molar-refractivity contribution in [3.05, 3.63) is 0 Å². The summed E-state index contributed by atoms with van der Waals surface area (Å²) in [5, 5.41) is 11.8. The van der Waals surface area contributed by atoms with E-state index in [-0.39, 0.29) is 12.6 Å². The third-order valence-electron chi connectivity index (χ3n) is 2.90. The molecule has 1 aliphatic heterocycles. The Morgan fingerprint density at radius 3 is 2.44 bits per heavy atom. The SMILES string of the molecule is CC(C)C[C@H](CNC(=O)N1CCOCC1)C(=O)O. The van der Waals surface area contributed by atoms with E-state index in [9.17, 15) is 9.59 Å². The minimum Gasteiger partial charge on any atom is -0.481 e. The van der Waals surface area contributed by atoms with Gasteiger partial charge in [0.25, 0.3) is 0 Å². The van der Waals surface area contributed by atoms with Crippen LogP contribution >= 0.6 is 0 Å². The van der Waals surface area contributed by atoms with Crippen molar-refractivity contribution in [1.82, 2.24) is 10.2 Å². The molecule has 0 radical (unpaired) electrons. The molecule has 6 nitrogen and oxygen atoms in total. The Balaban J connectivity index is 2.36. The first-order valence-electron chi connectivity index (χ1n) is 6.34. The van der Waals surface area contributed by atoms with Gasteiger partial charge in [-0.25, -0.2) is 4.79 Å². The molecule has 1 atom stereocenters. The average Bonchev–Trinajstić information content (AvgIpc) is 2.34. The first-order valence-corrected chi connectivity index (χ1v) is 6.34. The average molecular weight is 258 g/mol. The van der Waals surface area contributed by atoms with Crippen LogP contribution in [0.5, 0.6) is 0 Å². The maximum absolute atomic E-state index is 11.8. The molecular weight excluding hydrogens is 236 g/mol. The summed E-state index contributed by atoms with van der Waals surface area (Å²) in [5.74, 6) is -1.08. The fourth-order valence-corrected chi connectivity index (χ4v) is 1.93. The highest BCUT2D eigenvalue weighted by atomic mass is 16.5. The molecule has 1 fully saturated rings. The Labute approximate surface area is 107 Å². The molecule has 1 aliphatic rings. The maximum atomic E-state index is 11.8. The van der Waals surface area contributed by atoms with Crippen LogP contribution in [0.2, 0.25) is 0 Å². The Morgan fingerprint density at radius 1 is 1.33 bits per heavy atom. The molecule has 1 saturated heterocycles. The number of nitrogens with one attached hydrogen (secondary N) is 1. The lowest BCUT2D eigenvalue weighted by molar-refractivity contribution is -0.142. The van der Waals surface area contributed by atoms with Crippen molar-refractivity contribution >= 4 is 12.0 Å². The maximum Gasteiger partial charge on any atom is 0.317 e. The van der Waals surface area contributed by atoms with Gasteiger partial charge in [-0.15, -0.1) is 0 Å². The molecule has 104 valence electrons. The highest BCUT2D eigenvalue weighted by molar-refractivity contribution is 5.76. The lowest BCUT2D eigenvalue weighted by Gasteiger charge is -2.27. The number of hydrogen-bond donors (Lipinski definition) is 2. The van der Waals surface area contributed by atoms with Gasteiger partial charge < -0.3 is 20.1 Å². The van der Waals surface area contributed by atoms with Crippen LogP contribution in [0, 0.1) is 11.8 Å². The van der Waals surface area contributed by atoms with Crippen LogP contribution in [0.3, 0.4) is 0 Å². The van der Waals surface area contributed by atoms with Crippen molar-refractivity contribution in [2.24, 2.45) is 11.8 Å². The summed E-state index contributed by atoms with van der Waals surface area (Å²) in [4.78, 5) is 24.5. The number of rotatable bonds is 5. The van der Waals surface area contributed by atoms with E-state index in [4.69, 9.17) is 9.84 Å². The van der Waals surface area contributed by atoms with E-state index < -0.39 is 11.9 Å². The van der Waals surface area contributed by atoms with Gasteiger partial charge in [0.1, 0.15) is 0 Å². The van der Waals surface area contributed by atoms with Crippen molar-refractivity contribution in [3.8, 4) is 0 Å². The molecule has 0 aromatic heterocycles. The number of hydrogen-bond acceptors (Lipinski definition) is 3. The second kappa shape index (κ2) is 7.20. The number of aliphatic carboxylic acids is 1. The number of morpholine rings is 1. The number of nitrogens with zero attached hydrogens (tertiary/aromatic N) is 1. The van der Waals surface area contributed by atoms with E-state index in [1.54, 1.807) is 4.90 Å². The molecule has 0 aromatic carbocycles. The van der Waals surface area contributed by atoms with Crippen LogP contribution in [-0.4, -0.2) is 54.9 Å². The van der Waals surface area contributed by atoms with Gasteiger partial charge in [0.05, 0.1) is 19.1 Å². The molecular formula is C12H22N2O4. The van der Waals surface area contributed by atoms with E-state index in [1.165, 1.54) is 0 Å². The van der Waals surface area contributed by atoms with Crippen molar-refractivity contribution in [2.75, 3.05) is 32.8 Å². The zero-order valence-electron chi connectivity index (χ0n) is 11.0. The molecule has 0 spiro atoms. The Hall–Kier alpha value is -1.30. The topological polar surface area (TPSA) is 78.9 Å². The monoisotopic (exact) mass is 258 g/mol. The van der Waals surface area contributed by atoms with Gasteiger partial charge in [-0.05, 0) is 12.3 Å². The third kappa shape index (κ3) is 4.91. The van der Waals surface area contributed by atoms with Gasteiger partial charge in [-0.1, -0.05) is 13.8 Å². The minimum absolute atomic E-state index is 0.184. The highest BCUT2D eigenvalue weighted by Crippen LogP contribution is 2.11. The molecule has 0 aromatic rings. The number of amides is 2. The van der Waals surface area contributed by atoms with Gasteiger partial charge >= 0.3 is 12.0 Å². The van der Waals surface area contributed by atoms with Crippen LogP contribution in [0.15, 0.2) is 0 Å². The zero-order valence-corrected chi connectivity index (χ0v) is 11.0. The van der Waals surface area contributed by atoms with E-state index in [2.05, 4.69) is 5.32 Å². The standard InChI is InChI=1S/C12H22N2O4/c1-9(2)7-10(11(15)16)8-13-12(17)14-3-5-18-6-4-14/h9-10H,3-8H2,1-2H3,(H,13,17)(H,15,16)/t10-/m1/s1. The molecule has 0 bridgehead atoms. The quantitative estimate of drug-likeness (QED) is 0.763. The smallest absolute Gasteiger partial charge is 0.317 e. The Morgan fingerprint density at radius 2 is 1.94 bits per heavy atom. The van der Waals surface area contributed by atoms with Crippen LogP contribution in [0.4, 0.5) is 4.79 Å². The third-order valence-corrected chi connectivity index (χ3v) is 2.90. The first kappa shape index (κ1) is 14.8. The van der Waals surface area contributed by atoms with Crippen molar-refractivity contribution < 1.29 is 19.4 Å². The number of carbonyl (C=O) groups excluding carboxylic acids is 1. The fourth-order valence-electron chi connectivity index (χ4n) is 1.93. The van der Waals surface area contributed by atoms with Gasteiger partial charge in [0.15, 0.2) is 0 Å². The lowest BCUT2D eigenvalue weighted by Crippen LogP contribution is -2.47. The minimum atomic E-state index is -0.856. The summed E-state index contributed by atoms with van der Waals surface area (Å²) in [6.45, 7) is 6.34. The Kier molecular flexibility index (Phi) is 5.91. The van der Waals surface area contributed by atoms with Crippen molar-refractivity contribution in [3.63, 3.8) is 0 Å². The summed E-state index contributed by atoms with van der Waals surface area (Å²) >= 11 is 0. The zero-order chi connectivity index (χ0) is 13.5.